The van der Waals surface area contributed by atoms with Crippen molar-refractivity contribution in [1.29, 1.82) is 0 Å². The van der Waals surface area contributed by atoms with E-state index in [1.807, 2.05) is 19.1 Å². The van der Waals surface area contributed by atoms with Gasteiger partial charge in [-0.3, -0.25) is 0 Å². The molecule has 0 radical (unpaired) electrons. The maximum absolute atomic E-state index is 4.45. The van der Waals surface area contributed by atoms with E-state index in [0.717, 1.165) is 0 Å². The molecule has 0 saturated carbocycles. The first kappa shape index (κ1) is 10.0. The second-order valence-electron chi connectivity index (χ2n) is 0.940. The molecule has 0 amide bonds. The summed E-state index contributed by atoms with van der Waals surface area (Å²) in [5, 5.41) is 0. The van der Waals surface area contributed by atoms with E-state index in [1.165, 1.54) is 0 Å². The normalized spacial score (nSPS) is 8.86. The molecule has 0 aliphatic heterocycles. The lowest BCUT2D eigenvalue weighted by atomic mass is 10.6. The molecule has 0 saturated heterocycles. The van der Waals surface area contributed by atoms with Crippen LogP contribution >= 0.6 is 0 Å². The molecular weight excluding hydrogens is 114 g/mol. The number of hydrogen-bond donors (Lipinski definition) is 1. The zero-order chi connectivity index (χ0) is 4.83. The minimum Gasteiger partial charge on any atom is -1.00 e. The van der Waals surface area contributed by atoms with Crippen LogP contribution in [0.25, 0.3) is 0 Å². The minimum absolute atomic E-state index is 0. The third-order valence-electron chi connectivity index (χ3n) is 0.450. The van der Waals surface area contributed by atoms with Crippen molar-refractivity contribution in [2.24, 2.45) is 0 Å². The molecular formula is C4H10ClNO. The van der Waals surface area contributed by atoms with Gasteiger partial charge in [0.05, 0.1) is 0 Å². The third kappa shape index (κ3) is 10.7. The first-order chi connectivity index (χ1) is 2.91. The van der Waals surface area contributed by atoms with Crippen LogP contribution in [0.1, 0.15) is 6.92 Å². The maximum Gasteiger partial charge on any atom is 0.124 e. The van der Waals surface area contributed by atoms with Crippen LogP contribution in [0.15, 0.2) is 12.2 Å². The van der Waals surface area contributed by atoms with Gasteiger partial charge in [0.1, 0.15) is 6.61 Å². The maximum atomic E-state index is 4.45. The van der Waals surface area contributed by atoms with E-state index in [9.17, 15) is 0 Å². The minimum atomic E-state index is 0. The second-order valence-corrected chi connectivity index (χ2v) is 0.940. The summed E-state index contributed by atoms with van der Waals surface area (Å²) in [6.07, 6.45) is 3.82. The standard InChI is InChI=1S/C4H10NO.ClH/c1-2-3-4-6-5;/h2-3H,4H2,1,5H3;1H/q+1;/p-1/b3-2+;. The zero-order valence-corrected chi connectivity index (χ0v) is 5.11. The van der Waals surface area contributed by atoms with E-state index in [2.05, 4.69) is 10.7 Å². The van der Waals surface area contributed by atoms with Gasteiger partial charge < -0.3 is 12.4 Å². The van der Waals surface area contributed by atoms with Crippen molar-refractivity contribution in [2.75, 3.05) is 6.61 Å². The van der Waals surface area contributed by atoms with Crippen molar-refractivity contribution >= 4 is 0 Å². The molecule has 0 heterocycles. The van der Waals surface area contributed by atoms with Gasteiger partial charge in [-0.25, -0.2) is 10.7 Å². The first-order valence-electron chi connectivity index (χ1n) is 1.90. The fourth-order valence-electron chi connectivity index (χ4n) is 0.164. The van der Waals surface area contributed by atoms with Gasteiger partial charge in [0.25, 0.3) is 0 Å². The van der Waals surface area contributed by atoms with Crippen LogP contribution in [0.5, 0.6) is 0 Å². The molecule has 0 spiro atoms. The zero-order valence-electron chi connectivity index (χ0n) is 4.36. The molecule has 0 aliphatic rings. The summed E-state index contributed by atoms with van der Waals surface area (Å²) in [6, 6.07) is 0. The van der Waals surface area contributed by atoms with Crippen molar-refractivity contribution in [2.45, 2.75) is 6.92 Å². The summed E-state index contributed by atoms with van der Waals surface area (Å²) in [6.45, 7) is 2.56. The van der Waals surface area contributed by atoms with Gasteiger partial charge in [-0.2, -0.15) is 0 Å². The molecule has 0 bridgehead atoms. The average molecular weight is 124 g/mol. The Morgan fingerprint density at radius 3 is 2.43 bits per heavy atom. The Kier molecular flexibility index (Phi) is 13.4. The summed E-state index contributed by atoms with van der Waals surface area (Å²) in [4.78, 5) is 4.45. The van der Waals surface area contributed by atoms with Crippen molar-refractivity contribution < 1.29 is 23.1 Å². The highest BCUT2D eigenvalue weighted by atomic mass is 35.5. The van der Waals surface area contributed by atoms with E-state index < -0.39 is 0 Å². The van der Waals surface area contributed by atoms with E-state index in [-0.39, 0.29) is 12.4 Å². The van der Waals surface area contributed by atoms with Crippen molar-refractivity contribution in [3.05, 3.63) is 12.2 Å². The number of rotatable bonds is 2. The molecule has 0 aromatic heterocycles. The van der Waals surface area contributed by atoms with Gasteiger partial charge in [-0.15, -0.1) is 0 Å². The summed E-state index contributed by atoms with van der Waals surface area (Å²) >= 11 is 0. The summed E-state index contributed by atoms with van der Waals surface area (Å²) in [5.41, 5.74) is 0. The molecule has 7 heavy (non-hydrogen) atoms. The number of allylic oxidation sites excluding steroid dienone is 1. The molecule has 3 heteroatoms. The first-order valence-corrected chi connectivity index (χ1v) is 1.90. The monoisotopic (exact) mass is 123 g/mol. The highest BCUT2D eigenvalue weighted by Gasteiger charge is 1.66. The quantitative estimate of drug-likeness (QED) is 0.304. The van der Waals surface area contributed by atoms with Crippen molar-refractivity contribution in [3.8, 4) is 0 Å². The predicted molar refractivity (Wildman–Crippen MR) is 23.7 cm³/mol. The predicted octanol–water partition coefficient (Wildman–Crippen LogP) is -3.26. The van der Waals surface area contributed by atoms with Crippen LogP contribution in [-0.4, -0.2) is 6.61 Å². The van der Waals surface area contributed by atoms with Crippen LogP contribution in [0.2, 0.25) is 0 Å². The van der Waals surface area contributed by atoms with Gasteiger partial charge in [-0.1, -0.05) is 12.2 Å². The molecule has 0 aromatic rings. The van der Waals surface area contributed by atoms with Gasteiger partial charge >= 0.3 is 0 Å². The molecule has 0 aromatic carbocycles. The molecule has 0 unspecified atom stereocenters. The smallest absolute Gasteiger partial charge is 0.124 e. The SMILES string of the molecule is C/C=C/CO[NH3+].[Cl-]. The molecule has 0 atom stereocenters. The van der Waals surface area contributed by atoms with Crippen molar-refractivity contribution in [3.63, 3.8) is 0 Å². The Hall–Kier alpha value is -0.0500. The van der Waals surface area contributed by atoms with Gasteiger partial charge in [-0.05, 0) is 6.92 Å². The van der Waals surface area contributed by atoms with Crippen molar-refractivity contribution in [1.82, 2.24) is 0 Å². The van der Waals surface area contributed by atoms with Gasteiger partial charge in [0, 0.05) is 0 Å². The van der Waals surface area contributed by atoms with E-state index in [1.54, 1.807) is 0 Å². The van der Waals surface area contributed by atoms with Crippen LogP contribution in [0.4, 0.5) is 0 Å². The molecule has 44 valence electrons. The Labute approximate surface area is 49.7 Å². The molecule has 2 nitrogen and oxygen atoms in total. The third-order valence-corrected chi connectivity index (χ3v) is 0.450. The topological polar surface area (TPSA) is 36.9 Å². The molecule has 0 aliphatic carbocycles. The van der Waals surface area contributed by atoms with E-state index >= 15 is 0 Å². The highest BCUT2D eigenvalue weighted by Crippen LogP contribution is 1.64. The Morgan fingerprint density at radius 2 is 2.29 bits per heavy atom. The fourth-order valence-corrected chi connectivity index (χ4v) is 0.164. The highest BCUT2D eigenvalue weighted by molar-refractivity contribution is 4.74. The molecule has 3 N–H and O–H groups in total. The number of quaternary nitrogens is 1. The lowest BCUT2D eigenvalue weighted by Gasteiger charge is -1.76. The molecule has 0 rings (SSSR count). The Morgan fingerprint density at radius 1 is 1.71 bits per heavy atom. The summed E-state index contributed by atoms with van der Waals surface area (Å²) in [7, 11) is 0. The van der Waals surface area contributed by atoms with E-state index in [0.29, 0.717) is 6.61 Å². The van der Waals surface area contributed by atoms with Gasteiger partial charge in [0.15, 0.2) is 0 Å². The fraction of sp³-hybridized carbons (Fsp3) is 0.500. The largest absolute Gasteiger partial charge is 1.00 e. The van der Waals surface area contributed by atoms with Crippen LogP contribution in [0, 0.1) is 0 Å². The summed E-state index contributed by atoms with van der Waals surface area (Å²) < 4.78 is 0. The van der Waals surface area contributed by atoms with Gasteiger partial charge in [0.2, 0.25) is 0 Å². The lowest BCUT2D eigenvalue weighted by Crippen LogP contribution is -3.00. The Balaban J connectivity index is 0. The van der Waals surface area contributed by atoms with Crippen LogP contribution in [0.3, 0.4) is 0 Å². The number of halogens is 1. The van der Waals surface area contributed by atoms with E-state index in [4.69, 9.17) is 0 Å². The van der Waals surface area contributed by atoms with Crippen LogP contribution in [-0.2, 0) is 4.84 Å². The number of hydrogen-bond acceptors (Lipinski definition) is 1. The molecule has 0 fully saturated rings. The van der Waals surface area contributed by atoms with Crippen LogP contribution < -0.4 is 18.3 Å². The Bertz CT molecular complexity index is 47.0. The lowest BCUT2D eigenvalue weighted by molar-refractivity contribution is -0.686. The average Bonchev–Trinajstić information content (AvgIpc) is 1.61. The second kappa shape index (κ2) is 9.34. The summed E-state index contributed by atoms with van der Waals surface area (Å²) in [5.74, 6) is 3.17.